The van der Waals surface area contributed by atoms with Crippen molar-refractivity contribution in [3.63, 3.8) is 0 Å². The van der Waals surface area contributed by atoms with E-state index >= 15 is 0 Å². The molecule has 5 unspecified atom stereocenters. The molecule has 0 spiro atoms. The fourth-order valence-corrected chi connectivity index (χ4v) is 8.05. The maximum Gasteiger partial charge on any atom is 0.119 e. The van der Waals surface area contributed by atoms with Gasteiger partial charge in [0.25, 0.3) is 0 Å². The Morgan fingerprint density at radius 2 is 1.81 bits per heavy atom. The molecular weight excluding hydrogens is 408 g/mol. The van der Waals surface area contributed by atoms with E-state index in [0.29, 0.717) is 5.37 Å². The Balaban J connectivity index is 1.41. The zero-order chi connectivity index (χ0) is 20.7. The van der Waals surface area contributed by atoms with Crippen LogP contribution in [0, 0.1) is 0 Å². The van der Waals surface area contributed by atoms with E-state index in [1.165, 1.54) is 30.6 Å². The smallest absolute Gasteiger partial charge is 0.119 e. The molecule has 5 aliphatic heterocycles. The van der Waals surface area contributed by atoms with E-state index in [0.717, 1.165) is 51.1 Å². The van der Waals surface area contributed by atoms with E-state index < -0.39 is 0 Å². The summed E-state index contributed by atoms with van der Waals surface area (Å²) in [5.41, 5.74) is 2.24. The molecule has 5 heterocycles. The number of thioether (sulfide) groups is 1. The molecule has 1 aromatic carbocycles. The number of aliphatic imine (C=N–C) groups is 1. The number of fused-ring (bicyclic) bond motifs is 1. The van der Waals surface area contributed by atoms with Gasteiger partial charge in [0.05, 0.1) is 34.4 Å². The van der Waals surface area contributed by atoms with Gasteiger partial charge < -0.3 is 20.1 Å². The average Bonchev–Trinajstić information content (AvgIpc) is 3.58. The van der Waals surface area contributed by atoms with Gasteiger partial charge in [-0.3, -0.25) is 9.89 Å². The van der Waals surface area contributed by atoms with Crippen molar-refractivity contribution in [3.8, 4) is 0 Å². The van der Waals surface area contributed by atoms with Crippen LogP contribution in [-0.4, -0.2) is 65.5 Å². The Hall–Kier alpha value is -1.28. The lowest BCUT2D eigenvalue weighted by Gasteiger charge is -2.51. The molecule has 3 fully saturated rings. The first-order chi connectivity index (χ1) is 15.4. The van der Waals surface area contributed by atoms with E-state index in [2.05, 4.69) is 57.8 Å². The van der Waals surface area contributed by atoms with Crippen molar-refractivity contribution in [2.45, 2.75) is 86.8 Å². The van der Waals surface area contributed by atoms with E-state index in [1.807, 2.05) is 0 Å². The van der Waals surface area contributed by atoms with Crippen LogP contribution in [0.15, 0.2) is 29.3 Å². The zero-order valence-electron chi connectivity index (χ0n) is 18.2. The van der Waals surface area contributed by atoms with Crippen LogP contribution in [0.2, 0.25) is 0 Å². The van der Waals surface area contributed by atoms with Gasteiger partial charge in [-0.15, -0.1) is 11.8 Å². The summed E-state index contributed by atoms with van der Waals surface area (Å²) in [4.78, 5) is 7.86. The van der Waals surface area contributed by atoms with Gasteiger partial charge >= 0.3 is 0 Å². The van der Waals surface area contributed by atoms with Gasteiger partial charge in [-0.05, 0) is 69.7 Å². The van der Waals surface area contributed by atoms with Crippen LogP contribution in [-0.2, 0) is 9.47 Å². The number of nitrogens with one attached hydrogen (secondary N) is 2. The summed E-state index contributed by atoms with van der Waals surface area (Å²) in [7, 11) is 0. The number of rotatable bonds is 4. The van der Waals surface area contributed by atoms with Crippen LogP contribution in [0.3, 0.4) is 0 Å². The van der Waals surface area contributed by atoms with Crippen molar-refractivity contribution in [2.75, 3.05) is 29.6 Å². The second kappa shape index (κ2) is 8.58. The molecule has 6 rings (SSSR count). The molecule has 0 amide bonds. The van der Waals surface area contributed by atoms with Crippen LogP contribution in [0.25, 0.3) is 0 Å². The molecule has 2 N–H and O–H groups in total. The van der Waals surface area contributed by atoms with Gasteiger partial charge in [0, 0.05) is 19.0 Å². The van der Waals surface area contributed by atoms with Crippen LogP contribution < -0.4 is 10.6 Å². The molecule has 0 aromatic heterocycles. The van der Waals surface area contributed by atoms with Crippen molar-refractivity contribution in [1.82, 2.24) is 4.90 Å². The third-order valence-electron chi connectivity index (χ3n) is 7.69. The number of benzene rings is 1. The monoisotopic (exact) mass is 442 g/mol. The predicted molar refractivity (Wildman–Crippen MR) is 127 cm³/mol. The standard InChI is InChI=1S/C24H34N4O2S/c1-2-9-18-17(8-1)26-23(27-18)24(20-11-3-5-13-25-20)16-31-22(19-10-4-6-14-29-19)28(24)21-12-7-15-30-21/h1-2,8-9,13,19-23,26-27H,3-7,10-12,14-16H2. The maximum atomic E-state index is 6.39. The Kier molecular flexibility index (Phi) is 5.63. The quantitative estimate of drug-likeness (QED) is 0.725. The molecule has 5 aliphatic rings. The summed E-state index contributed by atoms with van der Waals surface area (Å²) in [6.07, 6.45) is 12.0. The highest BCUT2D eigenvalue weighted by atomic mass is 32.2. The number of nitrogens with zero attached hydrogens (tertiary/aromatic N) is 2. The van der Waals surface area contributed by atoms with Gasteiger partial charge in [0.2, 0.25) is 0 Å². The lowest BCUT2D eigenvalue weighted by molar-refractivity contribution is -0.120. The highest BCUT2D eigenvalue weighted by molar-refractivity contribution is 8.00. The Morgan fingerprint density at radius 3 is 2.48 bits per heavy atom. The summed E-state index contributed by atoms with van der Waals surface area (Å²) < 4.78 is 12.7. The summed E-state index contributed by atoms with van der Waals surface area (Å²) in [6.45, 7) is 1.75. The molecule has 7 heteroatoms. The lowest BCUT2D eigenvalue weighted by Crippen LogP contribution is -2.70. The lowest BCUT2D eigenvalue weighted by atomic mass is 9.81. The SMILES string of the molecule is C1=NC(C2(C3Nc4ccccc4N3)CSC(C3CCCCO3)N2C2CCCO2)CCC1. The van der Waals surface area contributed by atoms with E-state index in [4.69, 9.17) is 14.5 Å². The first kappa shape index (κ1) is 20.3. The molecule has 31 heavy (non-hydrogen) atoms. The third-order valence-corrected chi connectivity index (χ3v) is 9.19. The third kappa shape index (κ3) is 3.48. The summed E-state index contributed by atoms with van der Waals surface area (Å²) in [6, 6.07) is 8.84. The predicted octanol–water partition coefficient (Wildman–Crippen LogP) is 4.29. The number of para-hydroxylation sites is 2. The van der Waals surface area contributed by atoms with Crippen molar-refractivity contribution >= 4 is 29.4 Å². The minimum atomic E-state index is -0.152. The average molecular weight is 443 g/mol. The number of ether oxygens (including phenoxy) is 2. The second-order valence-electron chi connectivity index (χ2n) is 9.52. The molecule has 6 nitrogen and oxygen atoms in total. The van der Waals surface area contributed by atoms with Crippen molar-refractivity contribution in [1.29, 1.82) is 0 Å². The summed E-state index contributed by atoms with van der Waals surface area (Å²) in [5.74, 6) is 1.04. The van der Waals surface area contributed by atoms with Crippen LogP contribution >= 0.6 is 11.8 Å². The fourth-order valence-electron chi connectivity index (χ4n) is 6.18. The van der Waals surface area contributed by atoms with E-state index in [9.17, 15) is 0 Å². The first-order valence-corrected chi connectivity index (χ1v) is 13.2. The summed E-state index contributed by atoms with van der Waals surface area (Å²) in [5, 5.41) is 8.04. The number of anilines is 2. The van der Waals surface area contributed by atoms with Crippen LogP contribution in [0.4, 0.5) is 11.4 Å². The van der Waals surface area contributed by atoms with Gasteiger partial charge in [-0.1, -0.05) is 12.1 Å². The molecule has 0 saturated carbocycles. The van der Waals surface area contributed by atoms with Gasteiger partial charge in [0.15, 0.2) is 0 Å². The Bertz CT molecular complexity index is 786. The number of hydrogen-bond donors (Lipinski definition) is 2. The Morgan fingerprint density at radius 1 is 0.968 bits per heavy atom. The second-order valence-corrected chi connectivity index (χ2v) is 10.6. The van der Waals surface area contributed by atoms with Crippen LogP contribution in [0.5, 0.6) is 0 Å². The minimum absolute atomic E-state index is 0.107. The highest BCUT2D eigenvalue weighted by Gasteiger charge is 2.61. The minimum Gasteiger partial charge on any atom is -0.376 e. The van der Waals surface area contributed by atoms with Gasteiger partial charge in [-0.2, -0.15) is 0 Å². The van der Waals surface area contributed by atoms with Crippen LogP contribution in [0.1, 0.15) is 51.4 Å². The molecule has 0 bridgehead atoms. The normalized spacial score (nSPS) is 38.7. The zero-order valence-corrected chi connectivity index (χ0v) is 19.0. The van der Waals surface area contributed by atoms with E-state index in [1.54, 1.807) is 0 Å². The largest absolute Gasteiger partial charge is 0.376 e. The topological polar surface area (TPSA) is 58.1 Å². The molecule has 0 radical (unpaired) electrons. The molecular formula is C24H34N4O2S. The highest BCUT2D eigenvalue weighted by Crippen LogP contribution is 2.51. The summed E-state index contributed by atoms with van der Waals surface area (Å²) >= 11 is 2.08. The number of hydrogen-bond acceptors (Lipinski definition) is 7. The first-order valence-electron chi connectivity index (χ1n) is 12.1. The molecule has 0 aliphatic carbocycles. The molecule has 3 saturated heterocycles. The van der Waals surface area contributed by atoms with Gasteiger partial charge in [0.1, 0.15) is 12.4 Å². The molecule has 1 aromatic rings. The van der Waals surface area contributed by atoms with Crippen molar-refractivity contribution in [2.24, 2.45) is 4.99 Å². The maximum absolute atomic E-state index is 6.39. The van der Waals surface area contributed by atoms with Crippen molar-refractivity contribution < 1.29 is 9.47 Å². The van der Waals surface area contributed by atoms with Crippen molar-refractivity contribution in [3.05, 3.63) is 24.3 Å². The Labute approximate surface area is 189 Å². The molecule has 168 valence electrons. The van der Waals surface area contributed by atoms with E-state index in [-0.39, 0.29) is 30.1 Å². The fraction of sp³-hybridized carbons (Fsp3) is 0.708. The molecule has 5 atom stereocenters. The van der Waals surface area contributed by atoms with Gasteiger partial charge in [-0.25, -0.2) is 0 Å².